The first-order valence-corrected chi connectivity index (χ1v) is 11.2. The van der Waals surface area contributed by atoms with Gasteiger partial charge in [0.15, 0.2) is 5.82 Å². The molecule has 0 saturated carbocycles. The fourth-order valence-corrected chi connectivity index (χ4v) is 4.17. The van der Waals surface area contributed by atoms with Crippen LogP contribution in [0.2, 0.25) is 5.02 Å². The maximum atomic E-state index is 13.5. The van der Waals surface area contributed by atoms with Crippen LogP contribution < -0.4 is 0 Å². The van der Waals surface area contributed by atoms with E-state index in [9.17, 15) is 14.0 Å². The predicted molar refractivity (Wildman–Crippen MR) is 126 cm³/mol. The molecule has 9 heteroatoms. The van der Waals surface area contributed by atoms with Crippen LogP contribution in [0, 0.1) is 5.82 Å². The molecular weight excluding hydrogens is 457 g/mol. The van der Waals surface area contributed by atoms with E-state index < -0.39 is 0 Å². The number of nitrogens with zero attached hydrogens (tertiary/aromatic N) is 5. The first-order valence-electron chi connectivity index (χ1n) is 10.8. The monoisotopic (exact) mass is 477 g/mol. The summed E-state index contributed by atoms with van der Waals surface area (Å²) in [5.41, 5.74) is 1.64. The van der Waals surface area contributed by atoms with Gasteiger partial charge in [-0.15, -0.1) is 0 Å². The molecule has 0 N–H and O–H groups in total. The Morgan fingerprint density at radius 3 is 2.03 bits per heavy atom. The quantitative estimate of drug-likeness (QED) is 0.445. The van der Waals surface area contributed by atoms with Crippen LogP contribution >= 0.6 is 11.6 Å². The number of hydrogen-bond acceptors (Lipinski definition) is 3. The van der Waals surface area contributed by atoms with Crippen LogP contribution in [-0.4, -0.2) is 62.1 Å². The highest BCUT2D eigenvalue weighted by molar-refractivity contribution is 6.30. The Morgan fingerprint density at radius 1 is 0.824 bits per heavy atom. The highest BCUT2D eigenvalue weighted by Crippen LogP contribution is 2.22. The van der Waals surface area contributed by atoms with Crippen LogP contribution in [0.1, 0.15) is 20.7 Å². The molecule has 1 fully saturated rings. The lowest BCUT2D eigenvalue weighted by atomic mass is 10.1. The third-order valence-electron chi connectivity index (χ3n) is 5.84. The molecule has 0 atom stereocenters. The minimum absolute atomic E-state index is 0.0825. The Kier molecular flexibility index (Phi) is 5.90. The Hall–Kier alpha value is -3.91. The van der Waals surface area contributed by atoms with Crippen molar-refractivity contribution in [1.82, 2.24) is 24.1 Å². The van der Waals surface area contributed by atoms with E-state index in [1.54, 1.807) is 50.9 Å². The average Bonchev–Trinajstić information content (AvgIpc) is 3.54. The zero-order valence-electron chi connectivity index (χ0n) is 18.1. The molecule has 0 bridgehead atoms. The molecule has 0 radical (unpaired) electrons. The summed E-state index contributed by atoms with van der Waals surface area (Å²) in [4.78, 5) is 29.7. The standard InChI is InChI=1S/C25H21ClFN5O2/c26-19-5-3-18(4-6-19)24(33)30-13-15-31(16-14-30)25(34)22-17-28-32(21-9-7-20(27)8-10-21)23(22)29-11-1-2-12-29/h1-12,17H,13-16H2. The maximum Gasteiger partial charge on any atom is 0.259 e. The van der Waals surface area contributed by atoms with Crippen molar-refractivity contribution in [2.24, 2.45) is 0 Å². The van der Waals surface area contributed by atoms with Gasteiger partial charge in [-0.3, -0.25) is 9.59 Å². The molecule has 0 aliphatic carbocycles. The summed E-state index contributed by atoms with van der Waals surface area (Å²) in [6.45, 7) is 1.67. The van der Waals surface area contributed by atoms with Crippen molar-refractivity contribution in [2.45, 2.75) is 0 Å². The number of aromatic nitrogens is 3. The van der Waals surface area contributed by atoms with Gasteiger partial charge in [0.25, 0.3) is 11.8 Å². The second kappa shape index (κ2) is 9.15. The van der Waals surface area contributed by atoms with Crippen LogP contribution in [0.15, 0.2) is 79.3 Å². The zero-order chi connectivity index (χ0) is 23.7. The SMILES string of the molecule is O=C(c1ccc(Cl)cc1)N1CCN(C(=O)c2cnn(-c3ccc(F)cc3)c2-n2cccc2)CC1. The van der Waals surface area contributed by atoms with Gasteiger partial charge in [0.05, 0.1) is 11.9 Å². The molecule has 2 amide bonds. The molecule has 0 unspecified atom stereocenters. The number of hydrogen-bond donors (Lipinski definition) is 0. The van der Waals surface area contributed by atoms with Crippen molar-refractivity contribution in [1.29, 1.82) is 0 Å². The molecule has 3 heterocycles. The van der Waals surface area contributed by atoms with Gasteiger partial charge < -0.3 is 14.4 Å². The van der Waals surface area contributed by atoms with Gasteiger partial charge in [-0.05, 0) is 60.7 Å². The smallest absolute Gasteiger partial charge is 0.259 e. The normalized spacial score (nSPS) is 13.8. The summed E-state index contributed by atoms with van der Waals surface area (Å²) >= 11 is 5.92. The number of halogens is 2. The lowest BCUT2D eigenvalue weighted by Gasteiger charge is -2.34. The highest BCUT2D eigenvalue weighted by atomic mass is 35.5. The summed E-state index contributed by atoms with van der Waals surface area (Å²) in [6.07, 6.45) is 5.19. The molecule has 7 nitrogen and oxygen atoms in total. The van der Waals surface area contributed by atoms with Gasteiger partial charge in [-0.25, -0.2) is 9.07 Å². The van der Waals surface area contributed by atoms with E-state index in [1.807, 2.05) is 29.1 Å². The van der Waals surface area contributed by atoms with Crippen LogP contribution in [-0.2, 0) is 0 Å². The van der Waals surface area contributed by atoms with Gasteiger partial charge in [-0.1, -0.05) is 11.6 Å². The summed E-state index contributed by atoms with van der Waals surface area (Å²) < 4.78 is 16.9. The second-order valence-corrected chi connectivity index (χ2v) is 8.39. The van der Waals surface area contributed by atoms with Crippen molar-refractivity contribution in [3.63, 3.8) is 0 Å². The van der Waals surface area contributed by atoms with Crippen LogP contribution in [0.3, 0.4) is 0 Å². The van der Waals surface area contributed by atoms with Crippen LogP contribution in [0.25, 0.3) is 11.5 Å². The molecule has 1 saturated heterocycles. The van der Waals surface area contributed by atoms with Crippen molar-refractivity contribution < 1.29 is 14.0 Å². The fraction of sp³-hybridized carbons (Fsp3) is 0.160. The Labute approximate surface area is 200 Å². The van der Waals surface area contributed by atoms with Crippen molar-refractivity contribution >= 4 is 23.4 Å². The van der Waals surface area contributed by atoms with Crippen LogP contribution in [0.4, 0.5) is 4.39 Å². The third-order valence-corrected chi connectivity index (χ3v) is 6.09. The fourth-order valence-electron chi connectivity index (χ4n) is 4.05. The van der Waals surface area contributed by atoms with E-state index in [2.05, 4.69) is 5.10 Å². The average molecular weight is 478 g/mol. The maximum absolute atomic E-state index is 13.5. The van der Waals surface area contributed by atoms with Gasteiger partial charge in [0.2, 0.25) is 0 Å². The molecule has 172 valence electrons. The number of piperazine rings is 1. The molecule has 34 heavy (non-hydrogen) atoms. The van der Waals surface area contributed by atoms with Crippen molar-refractivity contribution in [3.8, 4) is 11.5 Å². The summed E-state index contributed by atoms with van der Waals surface area (Å²) in [5.74, 6) is -0.0291. The van der Waals surface area contributed by atoms with E-state index in [1.165, 1.54) is 18.3 Å². The van der Waals surface area contributed by atoms with E-state index in [0.717, 1.165) is 0 Å². The molecule has 0 spiro atoms. The lowest BCUT2D eigenvalue weighted by Crippen LogP contribution is -2.50. The third kappa shape index (κ3) is 4.20. The van der Waals surface area contributed by atoms with Gasteiger partial charge in [-0.2, -0.15) is 5.10 Å². The molecule has 2 aromatic heterocycles. The first kappa shape index (κ1) is 21.9. The largest absolute Gasteiger partial charge is 0.335 e. The van der Waals surface area contributed by atoms with Crippen molar-refractivity contribution in [3.05, 3.63) is 101 Å². The number of benzene rings is 2. The molecule has 2 aromatic carbocycles. The molecular formula is C25H21ClFN5O2. The zero-order valence-corrected chi connectivity index (χ0v) is 18.9. The van der Waals surface area contributed by atoms with E-state index in [-0.39, 0.29) is 17.6 Å². The summed E-state index contributed by atoms with van der Waals surface area (Å²) in [7, 11) is 0. The van der Waals surface area contributed by atoms with E-state index in [4.69, 9.17) is 11.6 Å². The molecule has 4 aromatic rings. The van der Waals surface area contributed by atoms with Gasteiger partial charge >= 0.3 is 0 Å². The topological polar surface area (TPSA) is 63.4 Å². The minimum Gasteiger partial charge on any atom is -0.335 e. The number of carbonyl (C=O) groups excluding carboxylic acids is 2. The number of rotatable bonds is 4. The Bertz CT molecular complexity index is 1310. The van der Waals surface area contributed by atoms with Crippen LogP contribution in [0.5, 0.6) is 0 Å². The summed E-state index contributed by atoms with van der Waals surface area (Å²) in [5, 5.41) is 5.00. The second-order valence-electron chi connectivity index (χ2n) is 7.95. The Morgan fingerprint density at radius 2 is 1.41 bits per heavy atom. The predicted octanol–water partition coefficient (Wildman–Crippen LogP) is 4.05. The molecule has 1 aliphatic heterocycles. The number of carbonyl (C=O) groups is 2. The minimum atomic E-state index is -0.347. The van der Waals surface area contributed by atoms with E-state index in [0.29, 0.717) is 53.8 Å². The molecule has 1 aliphatic rings. The van der Waals surface area contributed by atoms with E-state index >= 15 is 0 Å². The highest BCUT2D eigenvalue weighted by Gasteiger charge is 2.29. The number of amides is 2. The molecule has 5 rings (SSSR count). The summed E-state index contributed by atoms with van der Waals surface area (Å²) in [6, 6.07) is 16.4. The Balaban J connectivity index is 1.37. The van der Waals surface area contributed by atoms with Gasteiger partial charge in [0, 0.05) is 49.2 Å². The van der Waals surface area contributed by atoms with Crippen molar-refractivity contribution in [2.75, 3.05) is 26.2 Å². The first-order chi connectivity index (χ1) is 16.5. The lowest BCUT2D eigenvalue weighted by molar-refractivity contribution is 0.0535. The van der Waals surface area contributed by atoms with Gasteiger partial charge in [0.1, 0.15) is 11.4 Å².